The molecule has 0 radical (unpaired) electrons. The van der Waals surface area contributed by atoms with Crippen LogP contribution in [0.15, 0.2) is 0 Å². The van der Waals surface area contributed by atoms with Gasteiger partial charge in [-0.1, -0.05) is 13.8 Å². The average molecular weight is 170 g/mol. The van der Waals surface area contributed by atoms with Gasteiger partial charge in [-0.05, 0) is 37.8 Å². The first kappa shape index (κ1) is 10.0. The van der Waals surface area contributed by atoms with Crippen LogP contribution >= 0.6 is 0 Å². The summed E-state index contributed by atoms with van der Waals surface area (Å²) in [4.78, 5) is 2.42. The van der Waals surface area contributed by atoms with Crippen LogP contribution in [0.3, 0.4) is 0 Å². The smallest absolute Gasteiger partial charge is 0.00471 e. The molecule has 0 bridgehead atoms. The number of nitrogens with zero attached hydrogens (tertiary/aromatic N) is 1. The Labute approximate surface area is 76.1 Å². The summed E-state index contributed by atoms with van der Waals surface area (Å²) in [6, 6.07) is 0. The first-order valence-corrected chi connectivity index (χ1v) is 4.97. The fourth-order valence-corrected chi connectivity index (χ4v) is 1.86. The number of nitrogens with two attached hydrogens (primary N) is 1. The van der Waals surface area contributed by atoms with Crippen molar-refractivity contribution in [3.8, 4) is 0 Å². The summed E-state index contributed by atoms with van der Waals surface area (Å²) in [6.07, 6.45) is 2.68. The zero-order valence-electron chi connectivity index (χ0n) is 8.64. The maximum absolute atomic E-state index is 5.72. The first-order valence-electron chi connectivity index (χ1n) is 4.97. The molecule has 1 rings (SSSR count). The third-order valence-corrected chi connectivity index (χ3v) is 2.67. The summed E-state index contributed by atoms with van der Waals surface area (Å²) in [7, 11) is 2.20. The van der Waals surface area contributed by atoms with E-state index in [4.69, 9.17) is 5.73 Å². The van der Waals surface area contributed by atoms with Gasteiger partial charge >= 0.3 is 0 Å². The maximum atomic E-state index is 5.72. The zero-order valence-corrected chi connectivity index (χ0v) is 8.64. The molecule has 0 saturated heterocycles. The van der Waals surface area contributed by atoms with Crippen LogP contribution in [0.4, 0.5) is 0 Å². The van der Waals surface area contributed by atoms with E-state index in [9.17, 15) is 0 Å². The lowest BCUT2D eigenvalue weighted by Crippen LogP contribution is -2.33. The Hall–Kier alpha value is -0.0800. The normalized spacial score (nSPS) is 20.5. The van der Waals surface area contributed by atoms with Crippen molar-refractivity contribution in [2.45, 2.75) is 26.7 Å². The molecular formula is C10H22N2. The Morgan fingerprint density at radius 2 is 2.00 bits per heavy atom. The average Bonchev–Trinajstić information content (AvgIpc) is 2.67. The van der Waals surface area contributed by atoms with E-state index in [2.05, 4.69) is 25.8 Å². The molecule has 0 heterocycles. The molecule has 2 N–H and O–H groups in total. The van der Waals surface area contributed by atoms with Crippen LogP contribution in [-0.2, 0) is 0 Å². The van der Waals surface area contributed by atoms with Gasteiger partial charge in [0.25, 0.3) is 0 Å². The van der Waals surface area contributed by atoms with Crippen molar-refractivity contribution in [2.24, 2.45) is 17.1 Å². The number of hydrogen-bond acceptors (Lipinski definition) is 2. The highest BCUT2D eigenvalue weighted by atomic mass is 15.1. The quantitative estimate of drug-likeness (QED) is 0.674. The zero-order chi connectivity index (χ0) is 9.19. The van der Waals surface area contributed by atoms with E-state index < -0.39 is 0 Å². The Morgan fingerprint density at radius 1 is 1.42 bits per heavy atom. The molecule has 0 aliphatic heterocycles. The van der Waals surface area contributed by atoms with Crippen molar-refractivity contribution < 1.29 is 0 Å². The monoisotopic (exact) mass is 170 g/mol. The molecule has 2 heteroatoms. The van der Waals surface area contributed by atoms with E-state index in [1.54, 1.807) is 0 Å². The lowest BCUT2D eigenvalue weighted by Gasteiger charge is -2.23. The molecule has 1 aliphatic carbocycles. The lowest BCUT2D eigenvalue weighted by atomic mass is 10.1. The van der Waals surface area contributed by atoms with Gasteiger partial charge in [0.1, 0.15) is 0 Å². The molecule has 2 nitrogen and oxygen atoms in total. The van der Waals surface area contributed by atoms with Gasteiger partial charge in [0.2, 0.25) is 0 Å². The van der Waals surface area contributed by atoms with Crippen LogP contribution in [-0.4, -0.2) is 31.6 Å². The van der Waals surface area contributed by atoms with Crippen LogP contribution in [0.2, 0.25) is 0 Å². The molecule has 0 aromatic carbocycles. The van der Waals surface area contributed by atoms with Gasteiger partial charge in [0, 0.05) is 13.1 Å². The summed E-state index contributed by atoms with van der Waals surface area (Å²) >= 11 is 0. The summed E-state index contributed by atoms with van der Waals surface area (Å²) < 4.78 is 0. The molecule has 0 atom stereocenters. The van der Waals surface area contributed by atoms with Crippen molar-refractivity contribution in [3.05, 3.63) is 0 Å². The molecule has 1 fully saturated rings. The van der Waals surface area contributed by atoms with Crippen LogP contribution in [0.5, 0.6) is 0 Å². The van der Waals surface area contributed by atoms with Crippen LogP contribution in [0, 0.1) is 11.3 Å². The second kappa shape index (κ2) is 3.75. The molecule has 72 valence electrons. The summed E-state index contributed by atoms with van der Waals surface area (Å²) in [5.41, 5.74) is 6.22. The second-order valence-corrected chi connectivity index (χ2v) is 4.79. The fraction of sp³-hybridized carbons (Fsp3) is 1.00. The van der Waals surface area contributed by atoms with E-state index in [-0.39, 0.29) is 0 Å². The minimum absolute atomic E-state index is 0.504. The Kier molecular flexibility index (Phi) is 3.13. The van der Waals surface area contributed by atoms with Gasteiger partial charge in [-0.3, -0.25) is 0 Å². The largest absolute Gasteiger partial charge is 0.330 e. The van der Waals surface area contributed by atoms with Crippen molar-refractivity contribution in [1.29, 1.82) is 0 Å². The van der Waals surface area contributed by atoms with Gasteiger partial charge in [0.15, 0.2) is 0 Å². The van der Waals surface area contributed by atoms with E-state index in [0.717, 1.165) is 12.5 Å². The first-order chi connectivity index (χ1) is 5.58. The minimum atomic E-state index is 0.504. The van der Waals surface area contributed by atoms with Gasteiger partial charge in [-0.15, -0.1) is 0 Å². The number of hydrogen-bond donors (Lipinski definition) is 1. The SMILES string of the molecule is CC(C)CN(C)CC1(CN)CC1. The molecule has 0 aromatic heterocycles. The highest BCUT2D eigenvalue weighted by Gasteiger charge is 2.41. The van der Waals surface area contributed by atoms with Crippen LogP contribution < -0.4 is 5.73 Å². The van der Waals surface area contributed by atoms with Gasteiger partial charge in [0.05, 0.1) is 0 Å². The molecular weight excluding hydrogens is 148 g/mol. The predicted octanol–water partition coefficient (Wildman–Crippen LogP) is 1.31. The summed E-state index contributed by atoms with van der Waals surface area (Å²) in [5.74, 6) is 0.767. The highest BCUT2D eigenvalue weighted by molar-refractivity contribution is 4.95. The van der Waals surface area contributed by atoms with E-state index in [1.165, 1.54) is 25.9 Å². The van der Waals surface area contributed by atoms with Crippen molar-refractivity contribution in [2.75, 3.05) is 26.7 Å². The summed E-state index contributed by atoms with van der Waals surface area (Å²) in [5, 5.41) is 0. The predicted molar refractivity (Wildman–Crippen MR) is 53.1 cm³/mol. The maximum Gasteiger partial charge on any atom is 0.00471 e. The van der Waals surface area contributed by atoms with E-state index in [0.29, 0.717) is 5.41 Å². The molecule has 0 unspecified atom stereocenters. The highest BCUT2D eigenvalue weighted by Crippen LogP contribution is 2.44. The lowest BCUT2D eigenvalue weighted by molar-refractivity contribution is 0.241. The van der Waals surface area contributed by atoms with Crippen LogP contribution in [0.1, 0.15) is 26.7 Å². The van der Waals surface area contributed by atoms with E-state index >= 15 is 0 Å². The van der Waals surface area contributed by atoms with Crippen molar-refractivity contribution >= 4 is 0 Å². The topological polar surface area (TPSA) is 29.3 Å². The third kappa shape index (κ3) is 2.76. The second-order valence-electron chi connectivity index (χ2n) is 4.79. The number of rotatable bonds is 5. The minimum Gasteiger partial charge on any atom is -0.330 e. The summed E-state index contributed by atoms with van der Waals surface area (Å²) in [6.45, 7) is 7.79. The standard InChI is InChI=1S/C10H22N2/c1-9(2)6-12(3)8-10(7-11)4-5-10/h9H,4-8,11H2,1-3H3. The Morgan fingerprint density at radius 3 is 2.33 bits per heavy atom. The third-order valence-electron chi connectivity index (χ3n) is 2.67. The van der Waals surface area contributed by atoms with Gasteiger partial charge < -0.3 is 10.6 Å². The Bertz CT molecular complexity index is 139. The van der Waals surface area contributed by atoms with Gasteiger partial charge in [-0.25, -0.2) is 0 Å². The molecule has 1 aliphatic rings. The van der Waals surface area contributed by atoms with Gasteiger partial charge in [-0.2, -0.15) is 0 Å². The van der Waals surface area contributed by atoms with Crippen molar-refractivity contribution in [3.63, 3.8) is 0 Å². The molecule has 1 saturated carbocycles. The van der Waals surface area contributed by atoms with Crippen molar-refractivity contribution in [1.82, 2.24) is 4.90 Å². The molecule has 0 aromatic rings. The van der Waals surface area contributed by atoms with E-state index in [1.807, 2.05) is 0 Å². The molecule has 0 spiro atoms. The fourth-order valence-electron chi connectivity index (χ4n) is 1.86. The Balaban J connectivity index is 2.21. The van der Waals surface area contributed by atoms with Crippen LogP contribution in [0.25, 0.3) is 0 Å². The molecule has 12 heavy (non-hydrogen) atoms. The molecule has 0 amide bonds.